The van der Waals surface area contributed by atoms with Crippen LogP contribution in [0.15, 0.2) is 12.1 Å². The Bertz CT molecular complexity index is 359. The molecule has 0 aromatic heterocycles. The average molecular weight is 224 g/mol. The summed E-state index contributed by atoms with van der Waals surface area (Å²) in [4.78, 5) is 0. The molecule has 6 heteroatoms. The van der Waals surface area contributed by atoms with Crippen molar-refractivity contribution in [2.24, 2.45) is 0 Å². The van der Waals surface area contributed by atoms with E-state index >= 15 is 0 Å². The molecule has 0 aliphatic rings. The molecule has 0 bridgehead atoms. The largest absolute Gasteiger partial charge is 0.289 e. The number of nitrogens with one attached hydrogen (secondary N) is 1. The lowest BCUT2D eigenvalue weighted by Crippen LogP contribution is -2.04. The van der Waals surface area contributed by atoms with Gasteiger partial charge in [-0.25, -0.2) is 8.60 Å². The minimum absolute atomic E-state index is 0.177. The molecular formula is C7H7ClFNO2S. The van der Waals surface area contributed by atoms with Gasteiger partial charge in [-0.2, -0.15) is 0 Å². The quantitative estimate of drug-likeness (QED) is 0.756. The molecule has 0 heterocycles. The number of hydrogen-bond acceptors (Lipinski definition) is 1. The first kappa shape index (κ1) is 10.4. The second-order valence-corrected chi connectivity index (χ2v) is 3.55. The lowest BCUT2D eigenvalue weighted by atomic mass is 10.2. The molecule has 0 spiro atoms. The number of anilines is 1. The lowest BCUT2D eigenvalue weighted by Gasteiger charge is -2.06. The van der Waals surface area contributed by atoms with E-state index in [1.165, 1.54) is 13.0 Å². The van der Waals surface area contributed by atoms with Crippen LogP contribution in [0, 0.1) is 12.7 Å². The number of benzene rings is 1. The Morgan fingerprint density at radius 2 is 2.23 bits per heavy atom. The van der Waals surface area contributed by atoms with Gasteiger partial charge in [0.1, 0.15) is 5.82 Å². The fourth-order valence-electron chi connectivity index (χ4n) is 0.846. The highest BCUT2D eigenvalue weighted by molar-refractivity contribution is 7.80. The van der Waals surface area contributed by atoms with Crippen molar-refractivity contribution < 1.29 is 13.2 Å². The van der Waals surface area contributed by atoms with Gasteiger partial charge in [-0.15, -0.1) is 0 Å². The maximum atomic E-state index is 13.0. The predicted molar refractivity (Wildman–Crippen MR) is 50.5 cm³/mol. The molecule has 1 rings (SSSR count). The zero-order valence-electron chi connectivity index (χ0n) is 6.67. The van der Waals surface area contributed by atoms with Crippen molar-refractivity contribution in [3.63, 3.8) is 0 Å². The Balaban J connectivity index is 3.12. The van der Waals surface area contributed by atoms with Crippen molar-refractivity contribution in [3.8, 4) is 0 Å². The summed E-state index contributed by atoms with van der Waals surface area (Å²) in [5.41, 5.74) is 0.470. The fraction of sp³-hybridized carbons (Fsp3) is 0.143. The molecule has 1 aromatic rings. The Hall–Kier alpha value is -0.650. The smallest absolute Gasteiger partial charge is 0.259 e. The first-order chi connectivity index (χ1) is 6.00. The Labute approximate surface area is 82.3 Å². The van der Waals surface area contributed by atoms with Gasteiger partial charge in [0, 0.05) is 10.6 Å². The van der Waals surface area contributed by atoms with Gasteiger partial charge in [0.05, 0.1) is 5.69 Å². The van der Waals surface area contributed by atoms with Gasteiger partial charge >= 0.3 is 0 Å². The predicted octanol–water partition coefficient (Wildman–Crippen LogP) is 2.34. The minimum atomic E-state index is -2.22. The van der Waals surface area contributed by atoms with Gasteiger partial charge in [-0.05, 0) is 19.1 Å². The van der Waals surface area contributed by atoms with Crippen LogP contribution in [0.3, 0.4) is 0 Å². The Morgan fingerprint density at radius 1 is 1.62 bits per heavy atom. The van der Waals surface area contributed by atoms with E-state index < -0.39 is 17.1 Å². The topological polar surface area (TPSA) is 49.3 Å². The zero-order chi connectivity index (χ0) is 10.0. The van der Waals surface area contributed by atoms with Crippen LogP contribution < -0.4 is 4.72 Å². The van der Waals surface area contributed by atoms with Crippen LogP contribution in [-0.2, 0) is 11.3 Å². The van der Waals surface area contributed by atoms with Crippen LogP contribution >= 0.6 is 11.6 Å². The average Bonchev–Trinajstić information content (AvgIpc) is 1.98. The fourth-order valence-corrected chi connectivity index (χ4v) is 1.45. The monoisotopic (exact) mass is 223 g/mol. The molecule has 13 heavy (non-hydrogen) atoms. The van der Waals surface area contributed by atoms with E-state index in [2.05, 4.69) is 4.72 Å². The summed E-state index contributed by atoms with van der Waals surface area (Å²) in [6.45, 7) is 1.49. The van der Waals surface area contributed by atoms with Crippen LogP contribution in [0.4, 0.5) is 10.1 Å². The molecule has 3 nitrogen and oxygen atoms in total. The van der Waals surface area contributed by atoms with E-state index in [9.17, 15) is 8.60 Å². The second kappa shape index (κ2) is 4.04. The van der Waals surface area contributed by atoms with Crippen LogP contribution in [0.25, 0.3) is 0 Å². The zero-order valence-corrected chi connectivity index (χ0v) is 8.25. The summed E-state index contributed by atoms with van der Waals surface area (Å²) in [6, 6.07) is 2.52. The van der Waals surface area contributed by atoms with Crippen LogP contribution in [0.5, 0.6) is 0 Å². The number of hydrogen-bond donors (Lipinski definition) is 2. The van der Waals surface area contributed by atoms with E-state index in [1.54, 1.807) is 0 Å². The molecule has 0 aliphatic heterocycles. The van der Waals surface area contributed by atoms with E-state index in [1.807, 2.05) is 0 Å². The molecule has 2 N–H and O–H groups in total. The third kappa shape index (κ3) is 2.65. The number of halogens is 2. The number of rotatable bonds is 2. The lowest BCUT2D eigenvalue weighted by molar-refractivity contribution is 0.570. The third-order valence-corrected chi connectivity index (χ3v) is 2.12. The third-order valence-electron chi connectivity index (χ3n) is 1.51. The molecule has 0 amide bonds. The van der Waals surface area contributed by atoms with Gasteiger partial charge < -0.3 is 0 Å². The van der Waals surface area contributed by atoms with Crippen molar-refractivity contribution in [1.82, 2.24) is 0 Å². The van der Waals surface area contributed by atoms with Crippen molar-refractivity contribution in [3.05, 3.63) is 28.5 Å². The maximum Gasteiger partial charge on any atom is 0.259 e. The highest BCUT2D eigenvalue weighted by Crippen LogP contribution is 2.23. The van der Waals surface area contributed by atoms with Crippen molar-refractivity contribution in [2.75, 3.05) is 4.72 Å². The van der Waals surface area contributed by atoms with Gasteiger partial charge in [-0.1, -0.05) is 11.6 Å². The maximum absolute atomic E-state index is 13.0. The summed E-state index contributed by atoms with van der Waals surface area (Å²) in [5.74, 6) is -0.513. The van der Waals surface area contributed by atoms with Gasteiger partial charge in [0.2, 0.25) is 0 Å². The molecule has 0 saturated heterocycles. The van der Waals surface area contributed by atoms with E-state index in [4.69, 9.17) is 16.2 Å². The van der Waals surface area contributed by atoms with Crippen molar-refractivity contribution in [1.29, 1.82) is 0 Å². The summed E-state index contributed by atoms with van der Waals surface area (Å²) < 4.78 is 34.0. The van der Waals surface area contributed by atoms with E-state index in [-0.39, 0.29) is 16.3 Å². The molecule has 0 aliphatic carbocycles. The van der Waals surface area contributed by atoms with E-state index in [0.717, 1.165) is 6.07 Å². The highest BCUT2D eigenvalue weighted by atomic mass is 35.5. The molecule has 1 unspecified atom stereocenters. The first-order valence-electron chi connectivity index (χ1n) is 3.34. The molecule has 1 atom stereocenters. The van der Waals surface area contributed by atoms with Gasteiger partial charge in [-0.3, -0.25) is 9.27 Å². The van der Waals surface area contributed by atoms with Crippen molar-refractivity contribution in [2.45, 2.75) is 6.92 Å². The molecule has 0 fully saturated rings. The molecule has 1 aromatic carbocycles. The van der Waals surface area contributed by atoms with Crippen molar-refractivity contribution >= 4 is 28.6 Å². The summed E-state index contributed by atoms with van der Waals surface area (Å²) in [6.07, 6.45) is 0. The summed E-state index contributed by atoms with van der Waals surface area (Å²) >= 11 is 3.33. The van der Waals surface area contributed by atoms with Gasteiger partial charge in [0.15, 0.2) is 0 Å². The highest BCUT2D eigenvalue weighted by Gasteiger charge is 2.07. The SMILES string of the molecule is Cc1c(F)cc(Cl)cc1NS(=O)O. The Kier molecular flexibility index (Phi) is 3.24. The standard InChI is InChI=1S/C7H7ClFNO2S/c1-4-6(9)2-5(8)3-7(4)10-13(11)12/h2-3,10H,1H3,(H,11,12). The first-order valence-corrected chi connectivity index (χ1v) is 4.82. The van der Waals surface area contributed by atoms with Crippen LogP contribution in [-0.4, -0.2) is 8.76 Å². The molecule has 0 saturated carbocycles. The van der Waals surface area contributed by atoms with Crippen LogP contribution in [0.2, 0.25) is 5.02 Å². The summed E-state index contributed by atoms with van der Waals surface area (Å²) in [5, 5.41) is 0.177. The van der Waals surface area contributed by atoms with Gasteiger partial charge in [0.25, 0.3) is 11.3 Å². The van der Waals surface area contributed by atoms with E-state index in [0.29, 0.717) is 0 Å². The molecule has 72 valence electrons. The minimum Gasteiger partial charge on any atom is -0.289 e. The Morgan fingerprint density at radius 3 is 2.77 bits per heavy atom. The normalized spacial score (nSPS) is 12.6. The van der Waals surface area contributed by atoms with Crippen LogP contribution in [0.1, 0.15) is 5.56 Å². The summed E-state index contributed by atoms with van der Waals surface area (Å²) in [7, 11) is 0. The molecule has 0 radical (unpaired) electrons. The molecular weight excluding hydrogens is 217 g/mol. The second-order valence-electron chi connectivity index (χ2n) is 2.41.